The minimum Gasteiger partial charge on any atom is -0.508 e. The zero-order valence-corrected chi connectivity index (χ0v) is 12.7. The van der Waals surface area contributed by atoms with Crippen molar-refractivity contribution >= 4 is 0 Å². The molecule has 1 aliphatic carbocycles. The quantitative estimate of drug-likeness (QED) is 0.748. The van der Waals surface area contributed by atoms with Crippen LogP contribution >= 0.6 is 0 Å². The highest BCUT2D eigenvalue weighted by atomic mass is 16.3. The van der Waals surface area contributed by atoms with Crippen molar-refractivity contribution in [1.82, 2.24) is 5.32 Å². The van der Waals surface area contributed by atoms with Gasteiger partial charge in [-0.1, -0.05) is 19.9 Å². The highest BCUT2D eigenvalue weighted by Gasteiger charge is 2.28. The first-order valence-electron chi connectivity index (χ1n) is 7.80. The number of benzene rings is 1. The van der Waals surface area contributed by atoms with Gasteiger partial charge in [-0.3, -0.25) is 0 Å². The Hall–Kier alpha value is -1.06. The average Bonchev–Trinajstić information content (AvgIpc) is 2.49. The van der Waals surface area contributed by atoms with Gasteiger partial charge in [-0.15, -0.1) is 0 Å². The summed E-state index contributed by atoms with van der Waals surface area (Å²) >= 11 is 0. The maximum atomic E-state index is 9.70. The van der Waals surface area contributed by atoms with Gasteiger partial charge in [-0.05, 0) is 55.4 Å². The van der Waals surface area contributed by atoms with Gasteiger partial charge < -0.3 is 15.5 Å². The van der Waals surface area contributed by atoms with E-state index in [4.69, 9.17) is 0 Å². The van der Waals surface area contributed by atoms with Gasteiger partial charge in [0.25, 0.3) is 0 Å². The second-order valence-electron chi connectivity index (χ2n) is 6.07. The number of rotatable bonds is 6. The molecule has 112 valence electrons. The number of phenols is 1. The van der Waals surface area contributed by atoms with Crippen molar-refractivity contribution in [3.63, 3.8) is 0 Å². The van der Waals surface area contributed by atoms with E-state index in [-0.39, 0.29) is 12.0 Å². The summed E-state index contributed by atoms with van der Waals surface area (Å²) in [6, 6.07) is 6.01. The predicted octanol–water partition coefficient (Wildman–Crippen LogP) is 3.16. The van der Waals surface area contributed by atoms with E-state index >= 15 is 0 Å². The molecule has 3 heteroatoms. The van der Waals surface area contributed by atoms with Gasteiger partial charge in [-0.2, -0.15) is 0 Å². The van der Waals surface area contributed by atoms with E-state index in [0.717, 1.165) is 32.2 Å². The molecule has 1 unspecified atom stereocenters. The first-order chi connectivity index (χ1) is 9.64. The molecule has 0 spiro atoms. The molecule has 0 fully saturated rings. The van der Waals surface area contributed by atoms with Gasteiger partial charge in [0.05, 0.1) is 0 Å². The summed E-state index contributed by atoms with van der Waals surface area (Å²) < 4.78 is 0. The summed E-state index contributed by atoms with van der Waals surface area (Å²) in [7, 11) is 0. The molecule has 0 heterocycles. The minimum atomic E-state index is -0.0194. The fourth-order valence-corrected chi connectivity index (χ4v) is 3.12. The molecule has 0 bridgehead atoms. The molecule has 0 saturated heterocycles. The van der Waals surface area contributed by atoms with Crippen LogP contribution in [0.2, 0.25) is 0 Å². The van der Waals surface area contributed by atoms with Crippen molar-refractivity contribution in [3.05, 3.63) is 29.3 Å². The third-order valence-corrected chi connectivity index (χ3v) is 5.00. The third-order valence-electron chi connectivity index (χ3n) is 5.00. The van der Waals surface area contributed by atoms with Crippen LogP contribution in [0.25, 0.3) is 0 Å². The van der Waals surface area contributed by atoms with Crippen LogP contribution in [0.5, 0.6) is 5.75 Å². The van der Waals surface area contributed by atoms with Gasteiger partial charge in [0, 0.05) is 24.6 Å². The molecule has 0 aliphatic heterocycles. The topological polar surface area (TPSA) is 52.5 Å². The lowest BCUT2D eigenvalue weighted by atomic mass is 9.81. The molecule has 1 aromatic rings. The monoisotopic (exact) mass is 277 g/mol. The number of aliphatic hydroxyl groups excluding tert-OH is 1. The Morgan fingerprint density at radius 1 is 1.30 bits per heavy atom. The van der Waals surface area contributed by atoms with E-state index in [2.05, 4.69) is 19.2 Å². The van der Waals surface area contributed by atoms with Gasteiger partial charge in [0.2, 0.25) is 0 Å². The van der Waals surface area contributed by atoms with Crippen LogP contribution in [-0.2, 0) is 6.42 Å². The fraction of sp³-hybridized carbons (Fsp3) is 0.647. The average molecular weight is 277 g/mol. The van der Waals surface area contributed by atoms with Crippen LogP contribution in [0.3, 0.4) is 0 Å². The molecule has 3 N–H and O–H groups in total. The van der Waals surface area contributed by atoms with Crippen LogP contribution in [-0.4, -0.2) is 23.4 Å². The maximum absolute atomic E-state index is 9.70. The summed E-state index contributed by atoms with van der Waals surface area (Å²) in [5.41, 5.74) is 2.55. The van der Waals surface area contributed by atoms with Crippen molar-refractivity contribution in [1.29, 1.82) is 0 Å². The number of fused-ring (bicyclic) bond motifs is 1. The lowest BCUT2D eigenvalue weighted by Gasteiger charge is -2.34. The van der Waals surface area contributed by atoms with Crippen molar-refractivity contribution in [2.45, 2.75) is 52.0 Å². The Morgan fingerprint density at radius 2 is 2.05 bits per heavy atom. The summed E-state index contributed by atoms with van der Waals surface area (Å²) in [4.78, 5) is 0. The number of hydrogen-bond acceptors (Lipinski definition) is 3. The molecular formula is C17H27NO2. The number of hydrogen-bond donors (Lipinski definition) is 3. The van der Waals surface area contributed by atoms with Crippen molar-refractivity contribution < 1.29 is 10.2 Å². The molecule has 1 atom stereocenters. The third kappa shape index (κ3) is 3.15. The highest BCUT2D eigenvalue weighted by Crippen LogP contribution is 2.33. The SMILES string of the molecule is CCC(CC)(CO)CNC1CCCc2ccc(O)cc21. The van der Waals surface area contributed by atoms with E-state index in [1.807, 2.05) is 12.1 Å². The Balaban J connectivity index is 2.10. The van der Waals surface area contributed by atoms with E-state index in [9.17, 15) is 10.2 Å². The Bertz CT molecular complexity index is 432. The normalized spacial score (nSPS) is 18.9. The van der Waals surface area contributed by atoms with Crippen LogP contribution in [0, 0.1) is 5.41 Å². The summed E-state index contributed by atoms with van der Waals surface area (Å²) in [6.45, 7) is 5.34. The van der Waals surface area contributed by atoms with Gasteiger partial charge >= 0.3 is 0 Å². The molecule has 3 nitrogen and oxygen atoms in total. The van der Waals surface area contributed by atoms with E-state index in [1.54, 1.807) is 6.07 Å². The summed E-state index contributed by atoms with van der Waals surface area (Å²) in [5, 5.41) is 23.0. The van der Waals surface area contributed by atoms with Crippen LogP contribution < -0.4 is 5.32 Å². The van der Waals surface area contributed by atoms with Crippen molar-refractivity contribution in [2.75, 3.05) is 13.2 Å². The first kappa shape index (κ1) is 15.3. The zero-order valence-electron chi connectivity index (χ0n) is 12.7. The highest BCUT2D eigenvalue weighted by molar-refractivity contribution is 5.38. The molecular weight excluding hydrogens is 250 g/mol. The number of nitrogens with one attached hydrogen (secondary N) is 1. The standard InChI is InChI=1S/C17H27NO2/c1-3-17(4-2,12-19)11-18-16-7-5-6-13-8-9-14(20)10-15(13)16/h8-10,16,18-20H,3-7,11-12H2,1-2H3. The summed E-state index contributed by atoms with van der Waals surface area (Å²) in [6.07, 6.45) is 5.34. The zero-order chi connectivity index (χ0) is 14.6. The van der Waals surface area contributed by atoms with Crippen LogP contribution in [0.15, 0.2) is 18.2 Å². The largest absolute Gasteiger partial charge is 0.508 e. The molecule has 0 amide bonds. The van der Waals surface area contributed by atoms with Gasteiger partial charge in [0.15, 0.2) is 0 Å². The Morgan fingerprint density at radius 3 is 2.70 bits per heavy atom. The maximum Gasteiger partial charge on any atom is 0.115 e. The molecule has 1 aromatic carbocycles. The fourth-order valence-electron chi connectivity index (χ4n) is 3.12. The first-order valence-corrected chi connectivity index (χ1v) is 7.80. The summed E-state index contributed by atoms with van der Waals surface area (Å²) in [5.74, 6) is 0.344. The lowest BCUT2D eigenvalue weighted by molar-refractivity contribution is 0.109. The van der Waals surface area contributed by atoms with Crippen molar-refractivity contribution in [3.8, 4) is 5.75 Å². The van der Waals surface area contributed by atoms with E-state index in [0.29, 0.717) is 11.8 Å². The Kier molecular flexibility index (Phi) is 5.06. The van der Waals surface area contributed by atoms with Crippen LogP contribution in [0.1, 0.15) is 56.7 Å². The molecule has 20 heavy (non-hydrogen) atoms. The lowest BCUT2D eigenvalue weighted by Crippen LogP contribution is -2.39. The second-order valence-corrected chi connectivity index (χ2v) is 6.07. The van der Waals surface area contributed by atoms with Crippen LogP contribution in [0.4, 0.5) is 0 Å². The predicted molar refractivity (Wildman–Crippen MR) is 81.9 cm³/mol. The number of aliphatic hydroxyl groups is 1. The minimum absolute atomic E-state index is 0.0194. The van der Waals surface area contributed by atoms with Gasteiger partial charge in [-0.25, -0.2) is 0 Å². The second kappa shape index (κ2) is 6.59. The van der Waals surface area contributed by atoms with Gasteiger partial charge in [0.1, 0.15) is 5.75 Å². The molecule has 0 aromatic heterocycles. The Labute approximate surface area is 122 Å². The molecule has 0 radical (unpaired) electrons. The molecule has 2 rings (SSSR count). The molecule has 1 aliphatic rings. The van der Waals surface area contributed by atoms with E-state index in [1.165, 1.54) is 17.5 Å². The number of aromatic hydroxyl groups is 1. The number of aryl methyl sites for hydroxylation is 1. The van der Waals surface area contributed by atoms with Crippen molar-refractivity contribution in [2.24, 2.45) is 5.41 Å². The smallest absolute Gasteiger partial charge is 0.115 e. The van der Waals surface area contributed by atoms with E-state index < -0.39 is 0 Å². The number of phenolic OH excluding ortho intramolecular Hbond substituents is 1. The molecule has 0 saturated carbocycles.